The number of rotatable bonds is 7. The minimum atomic E-state index is -1.18. The molecule has 9 heteroatoms. The molecule has 0 unspecified atom stereocenters. The second kappa shape index (κ2) is 9.97. The first-order valence-electron chi connectivity index (χ1n) is 7.82. The number of urea groups is 1. The van der Waals surface area contributed by atoms with E-state index >= 15 is 0 Å². The quantitative estimate of drug-likeness (QED) is 0.441. The van der Waals surface area contributed by atoms with Gasteiger partial charge in [-0.1, -0.05) is 23.4 Å². The van der Waals surface area contributed by atoms with Gasteiger partial charge >= 0.3 is 6.03 Å². The van der Waals surface area contributed by atoms with Gasteiger partial charge in [0.05, 0.1) is 12.8 Å². The Bertz CT molecular complexity index is 806. The van der Waals surface area contributed by atoms with Crippen LogP contribution >= 0.6 is 0 Å². The van der Waals surface area contributed by atoms with Crippen LogP contribution in [0.1, 0.15) is 15.9 Å². The second-order valence-corrected chi connectivity index (χ2v) is 5.19. The van der Waals surface area contributed by atoms with Gasteiger partial charge in [-0.25, -0.2) is 13.6 Å². The summed E-state index contributed by atoms with van der Waals surface area (Å²) < 4.78 is 31.9. The lowest BCUT2D eigenvalue weighted by Gasteiger charge is -2.08. The third-order valence-corrected chi connectivity index (χ3v) is 3.24. The molecule has 27 heavy (non-hydrogen) atoms. The molecule has 2 rings (SSSR count). The van der Waals surface area contributed by atoms with E-state index in [-0.39, 0.29) is 0 Å². The molecule has 0 aliphatic rings. The van der Waals surface area contributed by atoms with Gasteiger partial charge in [-0.05, 0) is 29.8 Å². The molecule has 0 saturated carbocycles. The van der Waals surface area contributed by atoms with Crippen molar-refractivity contribution >= 4 is 23.8 Å². The number of anilines is 1. The molecule has 0 fully saturated rings. The summed E-state index contributed by atoms with van der Waals surface area (Å²) in [5.41, 5.74) is 0.252. The Hall–Kier alpha value is -3.33. The molecule has 2 aromatic rings. The Balaban J connectivity index is 1.89. The van der Waals surface area contributed by atoms with Gasteiger partial charge in [-0.3, -0.25) is 10.1 Å². The van der Waals surface area contributed by atoms with Gasteiger partial charge in [0, 0.05) is 12.8 Å². The number of nitrogens with zero attached hydrogens (tertiary/aromatic N) is 1. The maximum Gasteiger partial charge on any atom is 0.326 e. The molecule has 0 aromatic heterocycles. The molecule has 0 radical (unpaired) electrons. The summed E-state index contributed by atoms with van der Waals surface area (Å²) in [5.74, 6) is -3.30. The zero-order valence-corrected chi connectivity index (χ0v) is 14.4. The Morgan fingerprint density at radius 1 is 1.07 bits per heavy atom. The van der Waals surface area contributed by atoms with Crippen molar-refractivity contribution in [2.24, 2.45) is 5.16 Å². The minimum Gasteiger partial charge on any atom is -0.393 e. The zero-order chi connectivity index (χ0) is 19.6. The number of ether oxygens (including phenoxy) is 1. The van der Waals surface area contributed by atoms with E-state index in [1.165, 1.54) is 6.21 Å². The first kappa shape index (κ1) is 20.0. The highest BCUT2D eigenvalue weighted by atomic mass is 19.1. The SMILES string of the molecule is COCCO/N=C/c1ccc(NC(=O)NC(=O)c2c(F)cccc2F)cc1. The summed E-state index contributed by atoms with van der Waals surface area (Å²) in [7, 11) is 1.55. The largest absolute Gasteiger partial charge is 0.393 e. The Labute approximate surface area is 154 Å². The van der Waals surface area contributed by atoms with Crippen LogP contribution in [0.3, 0.4) is 0 Å². The smallest absolute Gasteiger partial charge is 0.326 e. The molecule has 0 aliphatic heterocycles. The first-order valence-corrected chi connectivity index (χ1v) is 7.82. The van der Waals surface area contributed by atoms with Crippen LogP contribution in [-0.4, -0.2) is 38.5 Å². The Morgan fingerprint density at radius 3 is 2.37 bits per heavy atom. The van der Waals surface area contributed by atoms with Crippen molar-refractivity contribution in [2.75, 3.05) is 25.6 Å². The lowest BCUT2D eigenvalue weighted by atomic mass is 10.2. The van der Waals surface area contributed by atoms with Gasteiger partial charge in [0.2, 0.25) is 0 Å². The molecular weight excluding hydrogens is 360 g/mol. The number of hydrogen-bond acceptors (Lipinski definition) is 5. The molecule has 142 valence electrons. The molecule has 0 bridgehead atoms. The van der Waals surface area contributed by atoms with Crippen molar-refractivity contribution in [3.05, 3.63) is 65.2 Å². The number of carbonyl (C=O) groups is 2. The highest BCUT2D eigenvalue weighted by Gasteiger charge is 2.19. The van der Waals surface area contributed by atoms with E-state index < -0.39 is 29.1 Å². The number of benzene rings is 2. The van der Waals surface area contributed by atoms with Crippen LogP contribution in [0.2, 0.25) is 0 Å². The minimum absolute atomic E-state index is 0.323. The third kappa shape index (κ3) is 6.15. The number of amides is 3. The fraction of sp³-hybridized carbons (Fsp3) is 0.167. The fourth-order valence-corrected chi connectivity index (χ4v) is 1.97. The Kier molecular flexibility index (Phi) is 7.38. The standard InChI is InChI=1S/C18H17F2N3O4/c1-26-9-10-27-21-11-12-5-7-13(8-6-12)22-18(25)23-17(24)16-14(19)3-2-4-15(16)20/h2-8,11H,9-10H2,1H3,(H2,22,23,24,25)/b21-11+. The number of imide groups is 1. The number of hydrogen-bond donors (Lipinski definition) is 2. The summed E-state index contributed by atoms with van der Waals surface area (Å²) in [4.78, 5) is 28.6. The number of nitrogens with one attached hydrogen (secondary N) is 2. The van der Waals surface area contributed by atoms with E-state index in [4.69, 9.17) is 9.57 Å². The molecule has 0 saturated heterocycles. The van der Waals surface area contributed by atoms with Crippen molar-refractivity contribution in [3.8, 4) is 0 Å². The molecule has 0 atom stereocenters. The lowest BCUT2D eigenvalue weighted by Crippen LogP contribution is -2.35. The summed E-state index contributed by atoms with van der Waals surface area (Å²) in [6, 6.07) is 8.47. The second-order valence-electron chi connectivity index (χ2n) is 5.19. The number of oxime groups is 1. The van der Waals surface area contributed by atoms with Crippen molar-refractivity contribution in [1.29, 1.82) is 0 Å². The number of methoxy groups -OCH3 is 1. The van der Waals surface area contributed by atoms with E-state index in [1.807, 2.05) is 5.32 Å². The maximum absolute atomic E-state index is 13.5. The van der Waals surface area contributed by atoms with Crippen LogP contribution in [0, 0.1) is 11.6 Å². The van der Waals surface area contributed by atoms with E-state index in [9.17, 15) is 18.4 Å². The Morgan fingerprint density at radius 2 is 1.74 bits per heavy atom. The van der Waals surface area contributed by atoms with Crippen LogP contribution in [0.25, 0.3) is 0 Å². The third-order valence-electron chi connectivity index (χ3n) is 3.24. The monoisotopic (exact) mass is 377 g/mol. The highest BCUT2D eigenvalue weighted by Crippen LogP contribution is 2.12. The van der Waals surface area contributed by atoms with Gasteiger partial charge in [0.15, 0.2) is 0 Å². The lowest BCUT2D eigenvalue weighted by molar-refractivity contribution is 0.0760. The van der Waals surface area contributed by atoms with Crippen molar-refractivity contribution in [1.82, 2.24) is 5.32 Å². The van der Waals surface area contributed by atoms with E-state index in [0.29, 0.717) is 24.5 Å². The number of halogens is 2. The van der Waals surface area contributed by atoms with Crippen molar-refractivity contribution in [3.63, 3.8) is 0 Å². The van der Waals surface area contributed by atoms with Crippen LogP contribution in [0.5, 0.6) is 0 Å². The van der Waals surface area contributed by atoms with Crippen LogP contribution in [0.15, 0.2) is 47.6 Å². The first-order chi connectivity index (χ1) is 13.0. The van der Waals surface area contributed by atoms with E-state index in [1.54, 1.807) is 31.4 Å². The summed E-state index contributed by atoms with van der Waals surface area (Å²) >= 11 is 0. The average Bonchev–Trinajstić information content (AvgIpc) is 2.62. The maximum atomic E-state index is 13.5. The van der Waals surface area contributed by atoms with Crippen molar-refractivity contribution in [2.45, 2.75) is 0 Å². The normalized spacial score (nSPS) is 10.6. The molecular formula is C18H17F2N3O4. The predicted octanol–water partition coefficient (Wildman–Crippen LogP) is 2.92. The number of carbonyl (C=O) groups excluding carboxylic acids is 2. The van der Waals surface area contributed by atoms with Gasteiger partial charge in [-0.15, -0.1) is 0 Å². The van der Waals surface area contributed by atoms with Gasteiger partial charge in [-0.2, -0.15) is 0 Å². The molecule has 0 spiro atoms. The van der Waals surface area contributed by atoms with Gasteiger partial charge < -0.3 is 14.9 Å². The topological polar surface area (TPSA) is 89.0 Å². The summed E-state index contributed by atoms with van der Waals surface area (Å²) in [5, 5.41) is 7.99. The van der Waals surface area contributed by atoms with E-state index in [2.05, 4.69) is 10.5 Å². The molecule has 3 amide bonds. The molecule has 2 N–H and O–H groups in total. The summed E-state index contributed by atoms with van der Waals surface area (Å²) in [6.45, 7) is 0.744. The summed E-state index contributed by atoms with van der Waals surface area (Å²) in [6.07, 6.45) is 1.48. The van der Waals surface area contributed by atoms with Gasteiger partial charge in [0.25, 0.3) is 5.91 Å². The molecule has 0 aliphatic carbocycles. The van der Waals surface area contributed by atoms with Crippen LogP contribution < -0.4 is 10.6 Å². The molecule has 2 aromatic carbocycles. The van der Waals surface area contributed by atoms with Crippen LogP contribution in [-0.2, 0) is 9.57 Å². The fourth-order valence-electron chi connectivity index (χ4n) is 1.97. The molecule has 0 heterocycles. The predicted molar refractivity (Wildman–Crippen MR) is 94.7 cm³/mol. The zero-order valence-electron chi connectivity index (χ0n) is 14.4. The molecule has 7 nitrogen and oxygen atoms in total. The average molecular weight is 377 g/mol. The van der Waals surface area contributed by atoms with E-state index in [0.717, 1.165) is 18.2 Å². The van der Waals surface area contributed by atoms with Crippen molar-refractivity contribution < 1.29 is 27.9 Å². The van der Waals surface area contributed by atoms with Gasteiger partial charge in [0.1, 0.15) is 23.8 Å². The van der Waals surface area contributed by atoms with Crippen LogP contribution in [0.4, 0.5) is 19.3 Å². The highest BCUT2D eigenvalue weighted by molar-refractivity contribution is 6.08.